The normalized spacial score (nSPS) is 14.2. The van der Waals surface area contributed by atoms with Crippen molar-refractivity contribution in [3.8, 4) is 0 Å². The van der Waals surface area contributed by atoms with Gasteiger partial charge in [0.05, 0.1) is 11.4 Å². The molecule has 0 spiro atoms. The molecule has 0 fully saturated rings. The quantitative estimate of drug-likeness (QED) is 0.753. The predicted octanol–water partition coefficient (Wildman–Crippen LogP) is 4.11. The Morgan fingerprint density at radius 2 is 1.88 bits per heavy atom. The van der Waals surface area contributed by atoms with E-state index >= 15 is 0 Å². The molecule has 1 aromatic heterocycles. The molecule has 4 nitrogen and oxygen atoms in total. The van der Waals surface area contributed by atoms with Crippen LogP contribution in [0.25, 0.3) is 0 Å². The molecular formula is C20H21N3NiO. The summed E-state index contributed by atoms with van der Waals surface area (Å²) in [7, 11) is 0. The fourth-order valence-electron chi connectivity index (χ4n) is 3.00. The van der Waals surface area contributed by atoms with Crippen LogP contribution in [0.2, 0.25) is 0 Å². The second-order valence-electron chi connectivity index (χ2n) is 5.74. The molecule has 0 saturated heterocycles. The molecule has 3 rings (SSSR count). The molecule has 0 saturated carbocycles. The van der Waals surface area contributed by atoms with Gasteiger partial charge in [0.15, 0.2) is 0 Å². The van der Waals surface area contributed by atoms with Gasteiger partial charge < -0.3 is 4.90 Å². The number of rotatable bonds is 4. The van der Waals surface area contributed by atoms with Gasteiger partial charge in [-0.05, 0) is 68.8 Å². The average molecular weight is 378 g/mol. The molecule has 0 atom stereocenters. The molecule has 0 amide bonds. The first-order valence-electron chi connectivity index (χ1n) is 8.26. The third kappa shape index (κ3) is 3.88. The summed E-state index contributed by atoms with van der Waals surface area (Å²) >= 11 is 0. The number of pyridine rings is 1. The number of benzene rings is 1. The van der Waals surface area contributed by atoms with Crippen LogP contribution in [0.15, 0.2) is 53.7 Å². The number of carbonyl (C=O) groups is 1. The van der Waals surface area contributed by atoms with E-state index in [4.69, 9.17) is 4.99 Å². The molecule has 0 bridgehead atoms. The number of aliphatic imine (C=N–C) groups is 1. The van der Waals surface area contributed by atoms with Gasteiger partial charge in [-0.1, -0.05) is 0 Å². The van der Waals surface area contributed by atoms with E-state index in [0.717, 1.165) is 30.1 Å². The average Bonchev–Trinajstić information content (AvgIpc) is 2.60. The smallest absolute Gasteiger partial charge is 0.204 e. The van der Waals surface area contributed by atoms with Crippen LogP contribution in [0.3, 0.4) is 0 Å². The minimum absolute atomic E-state index is 0. The SMILES string of the molecule is CCN(CC)c1ccc(N=C2C=CC(=O)c3ncccc32)cc1C.[Ni]. The van der Waals surface area contributed by atoms with E-state index in [1.807, 2.05) is 18.2 Å². The number of anilines is 1. The zero-order valence-corrected chi connectivity index (χ0v) is 15.6. The van der Waals surface area contributed by atoms with Crippen molar-refractivity contribution in [1.82, 2.24) is 4.98 Å². The maximum Gasteiger partial charge on any atom is 0.204 e. The Bertz CT molecular complexity index is 839. The van der Waals surface area contributed by atoms with Gasteiger partial charge in [-0.3, -0.25) is 9.78 Å². The van der Waals surface area contributed by atoms with Gasteiger partial charge in [0.1, 0.15) is 5.69 Å². The van der Waals surface area contributed by atoms with Crippen molar-refractivity contribution in [2.24, 2.45) is 4.99 Å². The Kier molecular flexibility index (Phi) is 6.27. The monoisotopic (exact) mass is 377 g/mol. The maximum atomic E-state index is 11.9. The van der Waals surface area contributed by atoms with Crippen molar-refractivity contribution in [3.63, 3.8) is 0 Å². The number of carbonyl (C=O) groups excluding carboxylic acids is 1. The van der Waals surface area contributed by atoms with E-state index in [0.29, 0.717) is 5.69 Å². The minimum Gasteiger partial charge on any atom is -0.372 e. The van der Waals surface area contributed by atoms with Crippen LogP contribution in [-0.2, 0) is 16.5 Å². The fraction of sp³-hybridized carbons (Fsp3) is 0.250. The Morgan fingerprint density at radius 1 is 1.12 bits per heavy atom. The summed E-state index contributed by atoms with van der Waals surface area (Å²) in [6.45, 7) is 8.38. The van der Waals surface area contributed by atoms with Crippen LogP contribution >= 0.6 is 0 Å². The zero-order valence-electron chi connectivity index (χ0n) is 14.6. The summed E-state index contributed by atoms with van der Waals surface area (Å²) in [4.78, 5) is 23.1. The number of allylic oxidation sites excluding steroid dienone is 2. The first-order chi connectivity index (χ1) is 11.6. The predicted molar refractivity (Wildman–Crippen MR) is 98.6 cm³/mol. The van der Waals surface area contributed by atoms with E-state index in [1.165, 1.54) is 17.3 Å². The molecule has 0 N–H and O–H groups in total. The van der Waals surface area contributed by atoms with Crippen molar-refractivity contribution in [2.75, 3.05) is 18.0 Å². The zero-order chi connectivity index (χ0) is 17.1. The molecular weight excluding hydrogens is 357 g/mol. The van der Waals surface area contributed by atoms with Crippen molar-refractivity contribution < 1.29 is 21.3 Å². The summed E-state index contributed by atoms with van der Waals surface area (Å²) in [5, 5.41) is 0. The van der Waals surface area contributed by atoms with Gasteiger partial charge in [-0.15, -0.1) is 0 Å². The van der Waals surface area contributed by atoms with Crippen LogP contribution in [-0.4, -0.2) is 29.6 Å². The number of nitrogens with zero attached hydrogens (tertiary/aromatic N) is 3. The van der Waals surface area contributed by atoms with Gasteiger partial charge in [-0.2, -0.15) is 0 Å². The minimum atomic E-state index is -0.0717. The Balaban J connectivity index is 0.00000225. The van der Waals surface area contributed by atoms with Gasteiger partial charge in [0.25, 0.3) is 0 Å². The molecule has 132 valence electrons. The molecule has 1 heterocycles. The first kappa shape index (κ1) is 19.1. The van der Waals surface area contributed by atoms with Crippen LogP contribution in [0, 0.1) is 6.92 Å². The van der Waals surface area contributed by atoms with Crippen molar-refractivity contribution in [1.29, 1.82) is 0 Å². The molecule has 1 aromatic carbocycles. The Labute approximate surface area is 158 Å². The number of hydrogen-bond donors (Lipinski definition) is 0. The van der Waals surface area contributed by atoms with Crippen LogP contribution < -0.4 is 4.90 Å². The van der Waals surface area contributed by atoms with E-state index in [1.54, 1.807) is 12.3 Å². The van der Waals surface area contributed by atoms with Crippen molar-refractivity contribution in [2.45, 2.75) is 20.8 Å². The largest absolute Gasteiger partial charge is 0.372 e. The van der Waals surface area contributed by atoms with E-state index < -0.39 is 0 Å². The summed E-state index contributed by atoms with van der Waals surface area (Å²) < 4.78 is 0. The molecule has 2 aromatic rings. The van der Waals surface area contributed by atoms with Crippen LogP contribution in [0.5, 0.6) is 0 Å². The summed E-state index contributed by atoms with van der Waals surface area (Å²) in [5.74, 6) is -0.0717. The van der Waals surface area contributed by atoms with Crippen molar-refractivity contribution in [3.05, 3.63) is 65.5 Å². The molecule has 5 heteroatoms. The second-order valence-corrected chi connectivity index (χ2v) is 5.74. The van der Waals surface area contributed by atoms with Gasteiger partial charge >= 0.3 is 0 Å². The number of aryl methyl sites for hydroxylation is 1. The number of fused-ring (bicyclic) bond motifs is 1. The topological polar surface area (TPSA) is 45.6 Å². The number of ketones is 1. The van der Waals surface area contributed by atoms with Crippen LogP contribution in [0.1, 0.15) is 35.5 Å². The van der Waals surface area contributed by atoms with E-state index in [-0.39, 0.29) is 22.3 Å². The van der Waals surface area contributed by atoms with Crippen LogP contribution in [0.4, 0.5) is 11.4 Å². The Morgan fingerprint density at radius 3 is 2.56 bits per heavy atom. The van der Waals surface area contributed by atoms with Gasteiger partial charge in [0.2, 0.25) is 5.78 Å². The fourth-order valence-corrected chi connectivity index (χ4v) is 3.00. The third-order valence-electron chi connectivity index (χ3n) is 4.24. The number of hydrogen-bond acceptors (Lipinski definition) is 4. The molecule has 1 aliphatic rings. The number of aromatic nitrogens is 1. The molecule has 0 unspecified atom stereocenters. The molecule has 0 radical (unpaired) electrons. The van der Waals surface area contributed by atoms with Gasteiger partial charge in [-0.25, -0.2) is 4.99 Å². The molecule has 1 aliphatic carbocycles. The first-order valence-corrected chi connectivity index (χ1v) is 8.26. The standard InChI is InChI=1S/C20H21N3O.Ni/c1-4-23(5-2)18-10-8-15(13-14(18)3)22-17-9-11-19(24)20-16(17)7-6-12-21-20;/h6-13H,4-5H2,1-3H3;. The Hall–Kier alpha value is -2.26. The van der Waals surface area contributed by atoms with E-state index in [2.05, 4.69) is 42.8 Å². The van der Waals surface area contributed by atoms with Crippen molar-refractivity contribution >= 4 is 22.9 Å². The summed E-state index contributed by atoms with van der Waals surface area (Å²) in [6, 6.07) is 9.94. The molecule has 0 aliphatic heterocycles. The maximum absolute atomic E-state index is 11.9. The van der Waals surface area contributed by atoms with E-state index in [9.17, 15) is 4.79 Å². The summed E-state index contributed by atoms with van der Waals surface area (Å²) in [5.41, 5.74) is 5.34. The van der Waals surface area contributed by atoms with Gasteiger partial charge in [0, 0.05) is 47.0 Å². The second kappa shape index (κ2) is 8.22. The third-order valence-corrected chi connectivity index (χ3v) is 4.24. The summed E-state index contributed by atoms with van der Waals surface area (Å²) in [6.07, 6.45) is 4.93. The molecule has 25 heavy (non-hydrogen) atoms.